The number of aromatic amines is 1. The molecule has 6 heteroatoms. The van der Waals surface area contributed by atoms with Gasteiger partial charge in [-0.15, -0.1) is 0 Å². The molecule has 2 aliphatic rings. The molecule has 1 aromatic carbocycles. The van der Waals surface area contributed by atoms with Crippen LogP contribution in [0.15, 0.2) is 39.6 Å². The SMILES string of the molecule is Cc1noc(-c2ccccc2)c1CN1CCc2nc(C3CC3)[nH]c(=O)c2C1. The summed E-state index contributed by atoms with van der Waals surface area (Å²) in [7, 11) is 0. The Labute approximate surface area is 157 Å². The average Bonchev–Trinajstić information content (AvgIpc) is 3.48. The lowest BCUT2D eigenvalue weighted by Crippen LogP contribution is -2.36. The minimum Gasteiger partial charge on any atom is -0.356 e. The van der Waals surface area contributed by atoms with Gasteiger partial charge in [0.25, 0.3) is 5.56 Å². The normalized spacial score (nSPS) is 17.1. The molecule has 0 unspecified atom stereocenters. The fraction of sp³-hybridized carbons (Fsp3) is 0.381. The summed E-state index contributed by atoms with van der Waals surface area (Å²) in [5.41, 5.74) is 4.82. The Bertz CT molecular complexity index is 1030. The molecule has 5 rings (SSSR count). The third-order valence-electron chi connectivity index (χ3n) is 5.53. The number of benzene rings is 1. The van der Waals surface area contributed by atoms with Gasteiger partial charge in [0.2, 0.25) is 0 Å². The maximum Gasteiger partial charge on any atom is 0.255 e. The molecule has 27 heavy (non-hydrogen) atoms. The van der Waals surface area contributed by atoms with Crippen LogP contribution in [0.1, 0.15) is 47.1 Å². The molecule has 0 saturated heterocycles. The molecule has 1 fully saturated rings. The number of nitrogens with zero attached hydrogens (tertiary/aromatic N) is 3. The van der Waals surface area contributed by atoms with Crippen molar-refractivity contribution in [3.8, 4) is 11.3 Å². The molecule has 1 aliphatic carbocycles. The van der Waals surface area contributed by atoms with Crippen molar-refractivity contribution in [2.24, 2.45) is 0 Å². The van der Waals surface area contributed by atoms with Gasteiger partial charge in [0.1, 0.15) is 5.82 Å². The maximum atomic E-state index is 12.6. The van der Waals surface area contributed by atoms with Crippen molar-refractivity contribution in [3.05, 3.63) is 69.0 Å². The highest BCUT2D eigenvalue weighted by Crippen LogP contribution is 2.38. The second-order valence-corrected chi connectivity index (χ2v) is 7.55. The zero-order valence-electron chi connectivity index (χ0n) is 15.4. The van der Waals surface area contributed by atoms with E-state index in [9.17, 15) is 4.79 Å². The van der Waals surface area contributed by atoms with Crippen molar-refractivity contribution in [2.75, 3.05) is 6.54 Å². The van der Waals surface area contributed by atoms with Crippen LogP contribution in [0.3, 0.4) is 0 Å². The molecule has 0 atom stereocenters. The van der Waals surface area contributed by atoms with Crippen molar-refractivity contribution in [1.29, 1.82) is 0 Å². The summed E-state index contributed by atoms with van der Waals surface area (Å²) in [6.07, 6.45) is 3.09. The lowest BCUT2D eigenvalue weighted by Gasteiger charge is -2.27. The van der Waals surface area contributed by atoms with Crippen LogP contribution < -0.4 is 5.56 Å². The number of rotatable bonds is 4. The molecule has 0 amide bonds. The molecular weight excluding hydrogens is 340 g/mol. The molecule has 6 nitrogen and oxygen atoms in total. The molecule has 3 heterocycles. The summed E-state index contributed by atoms with van der Waals surface area (Å²) in [4.78, 5) is 22.6. The second-order valence-electron chi connectivity index (χ2n) is 7.55. The van der Waals surface area contributed by atoms with Crippen LogP contribution in [-0.4, -0.2) is 26.6 Å². The number of aromatic nitrogens is 3. The van der Waals surface area contributed by atoms with E-state index in [2.05, 4.69) is 15.0 Å². The highest BCUT2D eigenvalue weighted by Gasteiger charge is 2.29. The largest absolute Gasteiger partial charge is 0.356 e. The first-order chi connectivity index (χ1) is 13.2. The van der Waals surface area contributed by atoms with Crippen LogP contribution in [0, 0.1) is 6.92 Å². The molecule has 0 bridgehead atoms. The minimum atomic E-state index is 0.0249. The highest BCUT2D eigenvalue weighted by atomic mass is 16.5. The molecule has 0 radical (unpaired) electrons. The molecule has 1 saturated carbocycles. The number of aryl methyl sites for hydroxylation is 1. The van der Waals surface area contributed by atoms with E-state index in [4.69, 9.17) is 9.51 Å². The maximum absolute atomic E-state index is 12.6. The minimum absolute atomic E-state index is 0.0249. The van der Waals surface area contributed by atoms with Crippen molar-refractivity contribution in [2.45, 2.75) is 45.2 Å². The van der Waals surface area contributed by atoms with Gasteiger partial charge in [-0.05, 0) is 19.8 Å². The Morgan fingerprint density at radius 3 is 2.85 bits per heavy atom. The number of H-pyrrole nitrogens is 1. The van der Waals surface area contributed by atoms with E-state index in [1.807, 2.05) is 37.3 Å². The van der Waals surface area contributed by atoms with Gasteiger partial charge < -0.3 is 9.51 Å². The first-order valence-corrected chi connectivity index (χ1v) is 9.54. The van der Waals surface area contributed by atoms with Gasteiger partial charge in [-0.1, -0.05) is 35.5 Å². The summed E-state index contributed by atoms with van der Waals surface area (Å²) in [6.45, 7) is 4.18. The Morgan fingerprint density at radius 2 is 2.07 bits per heavy atom. The third kappa shape index (κ3) is 3.10. The van der Waals surface area contributed by atoms with E-state index < -0.39 is 0 Å². The van der Waals surface area contributed by atoms with Gasteiger partial charge in [0.15, 0.2) is 5.76 Å². The lowest BCUT2D eigenvalue weighted by molar-refractivity contribution is 0.241. The number of nitrogens with one attached hydrogen (secondary N) is 1. The summed E-state index contributed by atoms with van der Waals surface area (Å²) in [6, 6.07) is 10.0. The van der Waals surface area contributed by atoms with Crippen LogP contribution in [0.4, 0.5) is 0 Å². The Balaban J connectivity index is 1.41. The van der Waals surface area contributed by atoms with Crippen LogP contribution in [0.5, 0.6) is 0 Å². The molecule has 1 aliphatic heterocycles. The molecular formula is C21H22N4O2. The topological polar surface area (TPSA) is 75.0 Å². The van der Waals surface area contributed by atoms with E-state index in [-0.39, 0.29) is 5.56 Å². The summed E-state index contributed by atoms with van der Waals surface area (Å²) in [5.74, 6) is 2.16. The summed E-state index contributed by atoms with van der Waals surface area (Å²) >= 11 is 0. The Hall–Kier alpha value is -2.73. The van der Waals surface area contributed by atoms with Gasteiger partial charge in [0.05, 0.1) is 17.0 Å². The first kappa shape index (κ1) is 16.4. The molecule has 1 N–H and O–H groups in total. The van der Waals surface area contributed by atoms with Gasteiger partial charge in [-0.2, -0.15) is 0 Å². The zero-order valence-corrected chi connectivity index (χ0v) is 15.4. The first-order valence-electron chi connectivity index (χ1n) is 9.54. The molecule has 2 aromatic heterocycles. The predicted octanol–water partition coefficient (Wildman–Crippen LogP) is 3.17. The van der Waals surface area contributed by atoms with Crippen LogP contribution in [0.25, 0.3) is 11.3 Å². The summed E-state index contributed by atoms with van der Waals surface area (Å²) < 4.78 is 5.61. The Kier molecular flexibility index (Phi) is 3.93. The second kappa shape index (κ2) is 6.46. The smallest absolute Gasteiger partial charge is 0.255 e. The van der Waals surface area contributed by atoms with Crippen molar-refractivity contribution in [1.82, 2.24) is 20.0 Å². The van der Waals surface area contributed by atoms with Crippen molar-refractivity contribution < 1.29 is 4.52 Å². The Morgan fingerprint density at radius 1 is 1.26 bits per heavy atom. The monoisotopic (exact) mass is 362 g/mol. The van der Waals surface area contributed by atoms with Gasteiger partial charge in [-0.25, -0.2) is 4.98 Å². The molecule has 3 aromatic rings. The third-order valence-corrected chi connectivity index (χ3v) is 5.53. The number of fused-ring (bicyclic) bond motifs is 1. The fourth-order valence-corrected chi connectivity index (χ4v) is 3.80. The standard InChI is InChI=1S/C21H22N4O2/c1-13-16(19(27-24-13)14-5-3-2-4-6-14)11-25-10-9-18-17(12-25)21(26)23-20(22-18)15-7-8-15/h2-6,15H,7-12H2,1H3,(H,22,23,26). The summed E-state index contributed by atoms with van der Waals surface area (Å²) in [5, 5.41) is 4.18. The van der Waals surface area contributed by atoms with Gasteiger partial charge in [0, 0.05) is 43.1 Å². The zero-order chi connectivity index (χ0) is 18.4. The van der Waals surface area contributed by atoms with Crippen LogP contribution in [0.2, 0.25) is 0 Å². The van der Waals surface area contributed by atoms with E-state index in [0.717, 1.165) is 65.5 Å². The molecule has 0 spiro atoms. The molecule has 138 valence electrons. The quantitative estimate of drug-likeness (QED) is 0.772. The van der Waals surface area contributed by atoms with E-state index in [1.54, 1.807) is 0 Å². The van der Waals surface area contributed by atoms with Crippen LogP contribution >= 0.6 is 0 Å². The van der Waals surface area contributed by atoms with E-state index in [1.165, 1.54) is 0 Å². The van der Waals surface area contributed by atoms with Crippen molar-refractivity contribution in [3.63, 3.8) is 0 Å². The predicted molar refractivity (Wildman–Crippen MR) is 101 cm³/mol. The van der Waals surface area contributed by atoms with Crippen molar-refractivity contribution >= 4 is 0 Å². The van der Waals surface area contributed by atoms with Crippen LogP contribution in [-0.2, 0) is 19.5 Å². The van der Waals surface area contributed by atoms with E-state index in [0.29, 0.717) is 19.0 Å². The number of hydrogen-bond acceptors (Lipinski definition) is 5. The van der Waals surface area contributed by atoms with Gasteiger partial charge in [-0.3, -0.25) is 9.69 Å². The number of hydrogen-bond donors (Lipinski definition) is 1. The highest BCUT2D eigenvalue weighted by molar-refractivity contribution is 5.61. The van der Waals surface area contributed by atoms with E-state index >= 15 is 0 Å². The lowest BCUT2D eigenvalue weighted by atomic mass is 10.0. The average molecular weight is 362 g/mol. The fourth-order valence-electron chi connectivity index (χ4n) is 3.80. The van der Waals surface area contributed by atoms with Gasteiger partial charge >= 0.3 is 0 Å².